The average molecular weight is 383 g/mol. The number of phenols is 1. The van der Waals surface area contributed by atoms with Gasteiger partial charge in [-0.25, -0.2) is 4.79 Å². The van der Waals surface area contributed by atoms with E-state index in [4.69, 9.17) is 9.47 Å². The van der Waals surface area contributed by atoms with Crippen LogP contribution in [0.1, 0.15) is 42.1 Å². The second kappa shape index (κ2) is 10.1. The molecule has 1 atom stereocenters. The molecular formula is C23H29NO4. The fraction of sp³-hybridized carbons (Fsp3) is 0.435. The second-order valence-electron chi connectivity index (χ2n) is 7.15. The third kappa shape index (κ3) is 5.49. The molecule has 0 bridgehead atoms. The summed E-state index contributed by atoms with van der Waals surface area (Å²) in [6.45, 7) is 4.66. The van der Waals surface area contributed by atoms with E-state index >= 15 is 0 Å². The molecule has 150 valence electrons. The van der Waals surface area contributed by atoms with Gasteiger partial charge in [0.1, 0.15) is 23.7 Å². The van der Waals surface area contributed by atoms with E-state index in [0.717, 1.165) is 19.5 Å². The maximum atomic E-state index is 12.7. The van der Waals surface area contributed by atoms with Crippen molar-refractivity contribution < 1.29 is 19.4 Å². The Hall–Kier alpha value is -2.53. The maximum absolute atomic E-state index is 12.7. The summed E-state index contributed by atoms with van der Waals surface area (Å²) in [5, 5.41) is 9.66. The van der Waals surface area contributed by atoms with Gasteiger partial charge in [-0.05, 0) is 57.0 Å². The summed E-state index contributed by atoms with van der Waals surface area (Å²) in [6.07, 6.45) is 4.49. The quantitative estimate of drug-likeness (QED) is 0.697. The predicted octanol–water partition coefficient (Wildman–Crippen LogP) is 4.04. The Kier molecular flexibility index (Phi) is 7.31. The molecular weight excluding hydrogens is 354 g/mol. The highest BCUT2D eigenvalue weighted by Gasteiger charge is 2.24. The highest BCUT2D eigenvalue weighted by atomic mass is 16.5. The Morgan fingerprint density at radius 1 is 1.11 bits per heavy atom. The minimum Gasteiger partial charge on any atom is -0.508 e. The zero-order valence-corrected chi connectivity index (χ0v) is 16.5. The Balaban J connectivity index is 1.69. The van der Waals surface area contributed by atoms with Crippen LogP contribution >= 0.6 is 0 Å². The molecule has 2 aromatic rings. The zero-order chi connectivity index (χ0) is 19.8. The van der Waals surface area contributed by atoms with E-state index in [1.807, 2.05) is 25.1 Å². The van der Waals surface area contributed by atoms with Gasteiger partial charge in [-0.15, -0.1) is 0 Å². The first kappa shape index (κ1) is 20.2. The number of rotatable bonds is 8. The third-order valence-corrected chi connectivity index (χ3v) is 5.11. The number of hydrogen-bond donors (Lipinski definition) is 1. The number of carbonyl (C=O) groups excluding carboxylic acids is 1. The summed E-state index contributed by atoms with van der Waals surface area (Å²) < 4.78 is 11.2. The van der Waals surface area contributed by atoms with Crippen molar-refractivity contribution in [2.45, 2.75) is 38.6 Å². The van der Waals surface area contributed by atoms with Gasteiger partial charge in [0.25, 0.3) is 0 Å². The number of aromatic hydroxyl groups is 1. The van der Waals surface area contributed by atoms with Crippen molar-refractivity contribution in [3.63, 3.8) is 0 Å². The van der Waals surface area contributed by atoms with Crippen molar-refractivity contribution in [3.8, 4) is 11.5 Å². The molecule has 1 aliphatic heterocycles. The molecule has 0 saturated carbocycles. The smallest absolute Gasteiger partial charge is 0.341 e. The summed E-state index contributed by atoms with van der Waals surface area (Å²) in [7, 11) is 0. The lowest BCUT2D eigenvalue weighted by molar-refractivity contribution is 0.0316. The van der Waals surface area contributed by atoms with E-state index in [-0.39, 0.29) is 11.8 Å². The van der Waals surface area contributed by atoms with Gasteiger partial charge in [-0.1, -0.05) is 36.8 Å². The van der Waals surface area contributed by atoms with Crippen molar-refractivity contribution >= 4 is 5.97 Å². The number of esters is 1. The van der Waals surface area contributed by atoms with Crippen LogP contribution in [0.2, 0.25) is 0 Å². The molecule has 1 N–H and O–H groups in total. The highest BCUT2D eigenvalue weighted by Crippen LogP contribution is 2.25. The number of nitrogens with zero attached hydrogens (tertiary/aromatic N) is 1. The lowest BCUT2D eigenvalue weighted by atomic mass is 10.0. The Labute approximate surface area is 166 Å². The summed E-state index contributed by atoms with van der Waals surface area (Å²) in [4.78, 5) is 15.1. The van der Waals surface area contributed by atoms with Gasteiger partial charge in [0, 0.05) is 12.1 Å². The number of benzene rings is 2. The van der Waals surface area contributed by atoms with Gasteiger partial charge >= 0.3 is 5.97 Å². The van der Waals surface area contributed by atoms with Gasteiger partial charge in [0.15, 0.2) is 0 Å². The molecule has 1 heterocycles. The van der Waals surface area contributed by atoms with Crippen molar-refractivity contribution in [3.05, 3.63) is 59.7 Å². The molecule has 0 amide bonds. The van der Waals surface area contributed by atoms with Gasteiger partial charge in [-0.3, -0.25) is 4.90 Å². The maximum Gasteiger partial charge on any atom is 0.341 e. The summed E-state index contributed by atoms with van der Waals surface area (Å²) in [5.41, 5.74) is 1.59. The van der Waals surface area contributed by atoms with Crippen LogP contribution in [-0.2, 0) is 11.2 Å². The molecule has 0 unspecified atom stereocenters. The molecule has 0 spiro atoms. The standard InChI is InChI=1S/C23H29NO4/c1-2-27-22-16-20(25)11-12-21(22)23(26)28-17-19(24-13-7-4-8-14-24)15-18-9-5-3-6-10-18/h3,5-6,9-12,16,19,25H,2,4,7-8,13-15,17H2,1H3/t19-/m0/s1. The van der Waals surface area contributed by atoms with Gasteiger partial charge in [0.2, 0.25) is 0 Å². The van der Waals surface area contributed by atoms with E-state index in [0.29, 0.717) is 24.5 Å². The molecule has 1 fully saturated rings. The van der Waals surface area contributed by atoms with E-state index in [1.54, 1.807) is 6.07 Å². The molecule has 1 aliphatic rings. The van der Waals surface area contributed by atoms with Crippen LogP contribution in [0.5, 0.6) is 11.5 Å². The molecule has 2 aromatic carbocycles. The number of piperidine rings is 1. The third-order valence-electron chi connectivity index (χ3n) is 5.11. The minimum atomic E-state index is -0.418. The molecule has 0 aliphatic carbocycles. The molecule has 5 heteroatoms. The Morgan fingerprint density at radius 2 is 1.86 bits per heavy atom. The topological polar surface area (TPSA) is 59.0 Å². The van der Waals surface area contributed by atoms with Crippen molar-refractivity contribution in [2.75, 3.05) is 26.3 Å². The average Bonchev–Trinajstić information content (AvgIpc) is 2.72. The van der Waals surface area contributed by atoms with Crippen LogP contribution < -0.4 is 4.74 Å². The lowest BCUT2D eigenvalue weighted by Gasteiger charge is -2.34. The molecule has 1 saturated heterocycles. The summed E-state index contributed by atoms with van der Waals surface area (Å²) in [5.74, 6) is -0.00104. The SMILES string of the molecule is CCOc1cc(O)ccc1C(=O)OC[C@H](Cc1ccccc1)N1CCCCC1. The normalized spacial score (nSPS) is 15.8. The van der Waals surface area contributed by atoms with Gasteiger partial charge in [0.05, 0.1) is 6.61 Å². The first-order chi connectivity index (χ1) is 13.7. The minimum absolute atomic E-state index is 0.0651. The fourth-order valence-corrected chi connectivity index (χ4v) is 3.67. The van der Waals surface area contributed by atoms with Crippen LogP contribution in [0.15, 0.2) is 48.5 Å². The Morgan fingerprint density at radius 3 is 2.57 bits per heavy atom. The van der Waals surface area contributed by atoms with Crippen LogP contribution in [0.25, 0.3) is 0 Å². The number of phenolic OH excluding ortho intramolecular Hbond substituents is 1. The van der Waals surface area contributed by atoms with Gasteiger partial charge < -0.3 is 14.6 Å². The van der Waals surface area contributed by atoms with E-state index in [1.165, 1.54) is 37.0 Å². The van der Waals surface area contributed by atoms with Crippen molar-refractivity contribution in [1.82, 2.24) is 4.90 Å². The van der Waals surface area contributed by atoms with Crippen LogP contribution in [0.3, 0.4) is 0 Å². The zero-order valence-electron chi connectivity index (χ0n) is 16.5. The molecule has 5 nitrogen and oxygen atoms in total. The lowest BCUT2D eigenvalue weighted by Crippen LogP contribution is -2.43. The molecule has 3 rings (SSSR count). The van der Waals surface area contributed by atoms with Gasteiger partial charge in [-0.2, -0.15) is 0 Å². The van der Waals surface area contributed by atoms with E-state index < -0.39 is 5.97 Å². The Bertz CT molecular complexity index is 756. The number of carbonyl (C=O) groups is 1. The molecule has 28 heavy (non-hydrogen) atoms. The summed E-state index contributed by atoms with van der Waals surface area (Å²) >= 11 is 0. The van der Waals surface area contributed by atoms with E-state index in [9.17, 15) is 9.90 Å². The van der Waals surface area contributed by atoms with Crippen LogP contribution in [-0.4, -0.2) is 48.3 Å². The highest BCUT2D eigenvalue weighted by molar-refractivity contribution is 5.92. The van der Waals surface area contributed by atoms with Crippen LogP contribution in [0, 0.1) is 0 Å². The van der Waals surface area contributed by atoms with Crippen molar-refractivity contribution in [1.29, 1.82) is 0 Å². The predicted molar refractivity (Wildman–Crippen MR) is 109 cm³/mol. The molecule has 0 radical (unpaired) electrons. The molecule has 0 aromatic heterocycles. The van der Waals surface area contributed by atoms with Crippen LogP contribution in [0.4, 0.5) is 0 Å². The van der Waals surface area contributed by atoms with Crippen molar-refractivity contribution in [2.24, 2.45) is 0 Å². The first-order valence-corrected chi connectivity index (χ1v) is 10.1. The second-order valence-corrected chi connectivity index (χ2v) is 7.15. The number of likely N-dealkylation sites (tertiary alicyclic amines) is 1. The largest absolute Gasteiger partial charge is 0.508 e. The number of ether oxygens (including phenoxy) is 2. The monoisotopic (exact) mass is 383 g/mol. The first-order valence-electron chi connectivity index (χ1n) is 10.1. The summed E-state index contributed by atoms with van der Waals surface area (Å²) in [6, 6.07) is 15.0. The fourth-order valence-electron chi connectivity index (χ4n) is 3.67. The van der Waals surface area contributed by atoms with E-state index in [2.05, 4.69) is 17.0 Å². The number of hydrogen-bond acceptors (Lipinski definition) is 5.